The summed E-state index contributed by atoms with van der Waals surface area (Å²) in [6.45, 7) is 3.96. The van der Waals surface area contributed by atoms with Gasteiger partial charge in [0, 0.05) is 19.7 Å². The topological polar surface area (TPSA) is 53.7 Å². The fraction of sp³-hybridized carbons (Fsp3) is 0.667. The lowest BCUT2D eigenvalue weighted by atomic mass is 9.86. The van der Waals surface area contributed by atoms with Gasteiger partial charge in [0.05, 0.1) is 5.56 Å². The molecule has 0 radical (unpaired) electrons. The molecule has 4 heteroatoms. The largest absolute Gasteiger partial charge is 0.466 e. The van der Waals surface area contributed by atoms with Gasteiger partial charge in [-0.25, -0.2) is 0 Å². The number of furan rings is 1. The quantitative estimate of drug-likeness (QED) is 0.913. The lowest BCUT2D eigenvalue weighted by Crippen LogP contribution is -2.39. The van der Waals surface area contributed by atoms with Crippen LogP contribution in [0, 0.1) is 19.8 Å². The molecule has 4 nitrogen and oxygen atoms in total. The summed E-state index contributed by atoms with van der Waals surface area (Å²) in [6.07, 6.45) is 3.96. The van der Waals surface area contributed by atoms with Gasteiger partial charge in [0.1, 0.15) is 11.5 Å². The van der Waals surface area contributed by atoms with Crippen LogP contribution in [0.25, 0.3) is 0 Å². The van der Waals surface area contributed by atoms with Crippen LogP contribution in [0.1, 0.15) is 47.6 Å². The highest BCUT2D eigenvalue weighted by molar-refractivity contribution is 5.95. The molecule has 1 saturated carbocycles. The molecule has 2 rings (SSSR count). The summed E-state index contributed by atoms with van der Waals surface area (Å²) < 4.78 is 5.43. The van der Waals surface area contributed by atoms with E-state index >= 15 is 0 Å². The van der Waals surface area contributed by atoms with E-state index < -0.39 is 0 Å². The first-order valence-corrected chi connectivity index (χ1v) is 6.98. The number of hydrogen-bond acceptors (Lipinski definition) is 3. The number of carbonyl (C=O) groups excluding carboxylic acids is 1. The molecule has 1 heterocycles. The number of amides is 1. The van der Waals surface area contributed by atoms with E-state index in [2.05, 4.69) is 0 Å². The van der Waals surface area contributed by atoms with Crippen LogP contribution in [0.15, 0.2) is 10.5 Å². The number of aryl methyl sites for hydroxylation is 2. The van der Waals surface area contributed by atoms with Gasteiger partial charge in [-0.15, -0.1) is 0 Å². The Kier molecular flexibility index (Phi) is 4.30. The highest BCUT2D eigenvalue weighted by Gasteiger charge is 2.28. The molecule has 0 aliphatic heterocycles. The first-order valence-electron chi connectivity index (χ1n) is 6.98. The minimum absolute atomic E-state index is 0.0433. The van der Waals surface area contributed by atoms with Crippen LogP contribution >= 0.6 is 0 Å². The number of nitrogens with zero attached hydrogens (tertiary/aromatic N) is 1. The average molecular weight is 265 g/mol. The molecule has 1 N–H and O–H groups in total. The van der Waals surface area contributed by atoms with E-state index in [-0.39, 0.29) is 18.6 Å². The first kappa shape index (κ1) is 14.1. The standard InChI is InChI=1S/C15H23NO3/c1-10-8-14(11(2)19-10)15(18)16(3)13-6-4-12(9-17)5-7-13/h8,12-13,17H,4-7,9H2,1-3H3. The number of aliphatic hydroxyl groups is 1. The average Bonchev–Trinajstić information content (AvgIpc) is 2.76. The summed E-state index contributed by atoms with van der Waals surface area (Å²) in [7, 11) is 1.87. The third-order valence-corrected chi connectivity index (χ3v) is 4.21. The molecule has 0 saturated heterocycles. The molecule has 1 fully saturated rings. The van der Waals surface area contributed by atoms with Crippen LogP contribution < -0.4 is 0 Å². The van der Waals surface area contributed by atoms with E-state index in [1.54, 1.807) is 0 Å². The molecule has 1 aromatic rings. The van der Waals surface area contributed by atoms with Crippen LogP contribution in [0.4, 0.5) is 0 Å². The maximum atomic E-state index is 12.4. The van der Waals surface area contributed by atoms with Crippen LogP contribution in [-0.4, -0.2) is 35.6 Å². The lowest BCUT2D eigenvalue weighted by molar-refractivity contribution is 0.0651. The Hall–Kier alpha value is -1.29. The van der Waals surface area contributed by atoms with Gasteiger partial charge in [0.2, 0.25) is 0 Å². The van der Waals surface area contributed by atoms with Crippen LogP contribution in [0.2, 0.25) is 0 Å². The van der Waals surface area contributed by atoms with Crippen LogP contribution in [-0.2, 0) is 0 Å². The van der Waals surface area contributed by atoms with Crippen molar-refractivity contribution in [2.45, 2.75) is 45.6 Å². The van der Waals surface area contributed by atoms with E-state index in [9.17, 15) is 4.79 Å². The highest BCUT2D eigenvalue weighted by atomic mass is 16.3. The molecule has 1 aliphatic carbocycles. The molecule has 0 aromatic carbocycles. The lowest BCUT2D eigenvalue weighted by Gasteiger charge is -2.34. The second-order valence-corrected chi connectivity index (χ2v) is 5.60. The van der Waals surface area contributed by atoms with Crippen molar-refractivity contribution in [1.82, 2.24) is 4.90 Å². The number of hydrogen-bond donors (Lipinski definition) is 1. The molecule has 1 aliphatic rings. The Labute approximate surface area is 114 Å². The van der Waals surface area contributed by atoms with Crippen LogP contribution in [0.3, 0.4) is 0 Å². The summed E-state index contributed by atoms with van der Waals surface area (Å²) in [5, 5.41) is 9.15. The molecule has 1 aromatic heterocycles. The van der Waals surface area contributed by atoms with Gasteiger partial charge >= 0.3 is 0 Å². The molecule has 0 unspecified atom stereocenters. The van der Waals surface area contributed by atoms with Crippen molar-refractivity contribution in [3.63, 3.8) is 0 Å². The fourth-order valence-corrected chi connectivity index (χ4v) is 2.91. The third-order valence-electron chi connectivity index (χ3n) is 4.21. The Morgan fingerprint density at radius 1 is 1.37 bits per heavy atom. The van der Waals surface area contributed by atoms with E-state index in [1.807, 2.05) is 31.9 Å². The normalized spacial score (nSPS) is 23.4. The maximum absolute atomic E-state index is 12.4. The van der Waals surface area contributed by atoms with Gasteiger partial charge in [-0.3, -0.25) is 4.79 Å². The molecule has 0 atom stereocenters. The smallest absolute Gasteiger partial charge is 0.257 e. The van der Waals surface area contributed by atoms with Crippen molar-refractivity contribution >= 4 is 5.91 Å². The number of rotatable bonds is 3. The minimum atomic E-state index is 0.0433. The molecular weight excluding hydrogens is 242 g/mol. The summed E-state index contributed by atoms with van der Waals surface area (Å²) in [5.74, 6) is 1.93. The molecule has 1 amide bonds. The summed E-state index contributed by atoms with van der Waals surface area (Å²) >= 11 is 0. The van der Waals surface area contributed by atoms with E-state index in [4.69, 9.17) is 9.52 Å². The molecule has 19 heavy (non-hydrogen) atoms. The Morgan fingerprint density at radius 2 is 2.00 bits per heavy atom. The second kappa shape index (κ2) is 5.78. The van der Waals surface area contributed by atoms with Crippen molar-refractivity contribution in [1.29, 1.82) is 0 Å². The molecule has 0 bridgehead atoms. The Balaban J connectivity index is 2.02. The number of carbonyl (C=O) groups is 1. The van der Waals surface area contributed by atoms with Gasteiger partial charge in [0.25, 0.3) is 5.91 Å². The van der Waals surface area contributed by atoms with Crippen molar-refractivity contribution in [2.24, 2.45) is 5.92 Å². The zero-order valence-electron chi connectivity index (χ0n) is 12.0. The Bertz CT molecular complexity index is 444. The van der Waals surface area contributed by atoms with Gasteiger partial charge in [0.15, 0.2) is 0 Å². The zero-order valence-corrected chi connectivity index (χ0v) is 12.0. The summed E-state index contributed by atoms with van der Waals surface area (Å²) in [5.41, 5.74) is 0.671. The van der Waals surface area contributed by atoms with Crippen molar-refractivity contribution in [3.05, 3.63) is 23.2 Å². The van der Waals surface area contributed by atoms with Crippen molar-refractivity contribution in [2.75, 3.05) is 13.7 Å². The van der Waals surface area contributed by atoms with Gasteiger partial charge in [-0.2, -0.15) is 0 Å². The summed E-state index contributed by atoms with van der Waals surface area (Å²) in [4.78, 5) is 14.3. The van der Waals surface area contributed by atoms with Crippen LogP contribution in [0.5, 0.6) is 0 Å². The monoisotopic (exact) mass is 265 g/mol. The SMILES string of the molecule is Cc1cc(C(=O)N(C)C2CCC(CO)CC2)c(C)o1. The van der Waals surface area contributed by atoms with E-state index in [0.717, 1.165) is 31.4 Å². The highest BCUT2D eigenvalue weighted by Crippen LogP contribution is 2.28. The van der Waals surface area contributed by atoms with E-state index in [1.165, 1.54) is 0 Å². The molecule has 106 valence electrons. The minimum Gasteiger partial charge on any atom is -0.466 e. The third kappa shape index (κ3) is 3.00. The second-order valence-electron chi connectivity index (χ2n) is 5.60. The first-order chi connectivity index (χ1) is 9.02. The van der Waals surface area contributed by atoms with Gasteiger partial charge in [-0.1, -0.05) is 0 Å². The summed E-state index contributed by atoms with van der Waals surface area (Å²) in [6, 6.07) is 2.10. The predicted octanol–water partition coefficient (Wildman–Crippen LogP) is 2.52. The Morgan fingerprint density at radius 3 is 2.47 bits per heavy atom. The van der Waals surface area contributed by atoms with Gasteiger partial charge < -0.3 is 14.4 Å². The predicted molar refractivity (Wildman–Crippen MR) is 73.1 cm³/mol. The van der Waals surface area contributed by atoms with Crippen molar-refractivity contribution in [3.8, 4) is 0 Å². The van der Waals surface area contributed by atoms with Gasteiger partial charge in [-0.05, 0) is 51.5 Å². The zero-order chi connectivity index (χ0) is 14.0. The maximum Gasteiger partial charge on any atom is 0.257 e. The molecular formula is C15H23NO3. The molecule has 0 spiro atoms. The fourth-order valence-electron chi connectivity index (χ4n) is 2.91. The number of aliphatic hydroxyl groups excluding tert-OH is 1. The van der Waals surface area contributed by atoms with Crippen molar-refractivity contribution < 1.29 is 14.3 Å². The van der Waals surface area contributed by atoms with E-state index in [0.29, 0.717) is 17.2 Å².